The maximum absolute atomic E-state index is 12.6. The average molecular weight is 465 g/mol. The highest BCUT2D eigenvalue weighted by atomic mass is 35.5. The van der Waals surface area contributed by atoms with Gasteiger partial charge in [-0.1, -0.05) is 11.6 Å². The highest BCUT2D eigenvalue weighted by molar-refractivity contribution is 7.09. The first kappa shape index (κ1) is 23.1. The van der Waals surface area contributed by atoms with Crippen LogP contribution < -0.4 is 9.47 Å². The molecule has 1 aromatic carbocycles. The van der Waals surface area contributed by atoms with Crippen molar-refractivity contribution in [1.29, 1.82) is 0 Å². The van der Waals surface area contributed by atoms with Crippen LogP contribution in [-0.4, -0.2) is 55.7 Å². The Morgan fingerprint density at radius 1 is 1.26 bits per heavy atom. The maximum atomic E-state index is 12.6. The van der Waals surface area contributed by atoms with Crippen LogP contribution >= 0.6 is 22.9 Å². The zero-order chi connectivity index (χ0) is 22.4. The quantitative estimate of drug-likeness (QED) is 0.446. The monoisotopic (exact) mass is 464 g/mol. The number of thiazole rings is 1. The number of likely N-dealkylation sites (tertiary alicyclic amines) is 1. The molecule has 9 heteroatoms. The number of piperidine rings is 1. The molecule has 2 heterocycles. The van der Waals surface area contributed by atoms with Crippen molar-refractivity contribution in [3.05, 3.63) is 44.9 Å². The Bertz CT molecular complexity index is 967. The molecule has 0 saturated carbocycles. The summed E-state index contributed by atoms with van der Waals surface area (Å²) in [5.74, 6) is 0.741. The van der Waals surface area contributed by atoms with Crippen LogP contribution in [0, 0.1) is 0 Å². The van der Waals surface area contributed by atoms with E-state index in [1.54, 1.807) is 37.6 Å². The fourth-order valence-corrected chi connectivity index (χ4v) is 4.68. The van der Waals surface area contributed by atoms with E-state index >= 15 is 0 Å². The minimum atomic E-state index is -0.392. The number of carbonyl (C=O) groups is 2. The number of esters is 1. The van der Waals surface area contributed by atoms with Gasteiger partial charge in [-0.3, -0.25) is 4.79 Å². The molecule has 1 fully saturated rings. The third kappa shape index (κ3) is 5.37. The lowest BCUT2D eigenvalue weighted by molar-refractivity contribution is -0.126. The Morgan fingerprint density at radius 3 is 2.65 bits per heavy atom. The second kappa shape index (κ2) is 10.6. The molecule has 31 heavy (non-hydrogen) atoms. The van der Waals surface area contributed by atoms with Gasteiger partial charge in [-0.2, -0.15) is 0 Å². The molecule has 2 aromatic rings. The van der Waals surface area contributed by atoms with E-state index in [0.29, 0.717) is 47.5 Å². The summed E-state index contributed by atoms with van der Waals surface area (Å²) in [4.78, 5) is 30.7. The van der Waals surface area contributed by atoms with Crippen LogP contribution in [0.1, 0.15) is 46.7 Å². The molecule has 3 rings (SSSR count). The largest absolute Gasteiger partial charge is 0.493 e. The van der Waals surface area contributed by atoms with E-state index in [1.165, 1.54) is 24.5 Å². The summed E-state index contributed by atoms with van der Waals surface area (Å²) < 4.78 is 15.5. The van der Waals surface area contributed by atoms with Gasteiger partial charge in [0.2, 0.25) is 5.91 Å². The van der Waals surface area contributed by atoms with Crippen LogP contribution in [0.15, 0.2) is 23.6 Å². The van der Waals surface area contributed by atoms with E-state index in [-0.39, 0.29) is 11.8 Å². The number of amides is 1. The van der Waals surface area contributed by atoms with Crippen molar-refractivity contribution in [3.63, 3.8) is 0 Å². The first-order chi connectivity index (χ1) is 15.0. The van der Waals surface area contributed by atoms with Crippen molar-refractivity contribution in [2.24, 2.45) is 0 Å². The summed E-state index contributed by atoms with van der Waals surface area (Å²) in [5, 5.41) is 3.05. The summed E-state index contributed by atoms with van der Waals surface area (Å²) in [6.45, 7) is 3.35. The third-order valence-electron chi connectivity index (χ3n) is 5.08. The Labute approximate surface area is 190 Å². The highest BCUT2D eigenvalue weighted by Gasteiger charge is 2.26. The summed E-state index contributed by atoms with van der Waals surface area (Å²) in [6.07, 6.45) is 4.81. The van der Waals surface area contributed by atoms with Crippen LogP contribution in [0.25, 0.3) is 6.08 Å². The van der Waals surface area contributed by atoms with Crippen LogP contribution in [0.4, 0.5) is 0 Å². The average Bonchev–Trinajstić information content (AvgIpc) is 3.28. The number of rotatable bonds is 7. The molecular weight excluding hydrogens is 440 g/mol. The maximum Gasteiger partial charge on any atom is 0.357 e. The van der Waals surface area contributed by atoms with E-state index in [9.17, 15) is 9.59 Å². The van der Waals surface area contributed by atoms with Gasteiger partial charge in [-0.25, -0.2) is 9.78 Å². The standard InChI is InChI=1S/C22H25ClN2O5S/c1-4-30-22(27)16-13-31-21(24-16)15-9-11-25(12-10-15)18(26)8-6-14-5-7-17(28-2)20(29-3)19(14)23/h5-8,13,15H,4,9-12H2,1-3H3/b8-6+. The molecule has 1 aliphatic heterocycles. The normalized spacial score (nSPS) is 14.6. The lowest BCUT2D eigenvalue weighted by Gasteiger charge is -2.30. The first-order valence-corrected chi connectivity index (χ1v) is 11.2. The fraction of sp³-hybridized carbons (Fsp3) is 0.409. The van der Waals surface area contributed by atoms with Gasteiger partial charge >= 0.3 is 5.97 Å². The SMILES string of the molecule is CCOC(=O)c1csc(C2CCN(C(=O)/C=C/c3ccc(OC)c(OC)c3Cl)CC2)n1. The van der Waals surface area contributed by atoms with Crippen molar-refractivity contribution < 1.29 is 23.8 Å². The minimum Gasteiger partial charge on any atom is -0.493 e. The molecule has 7 nitrogen and oxygen atoms in total. The van der Waals surface area contributed by atoms with Crippen LogP contribution in [0.5, 0.6) is 11.5 Å². The topological polar surface area (TPSA) is 78.0 Å². The number of ether oxygens (including phenoxy) is 3. The Balaban J connectivity index is 1.59. The van der Waals surface area contributed by atoms with Gasteiger partial charge in [0.05, 0.1) is 30.9 Å². The molecule has 1 aliphatic rings. The van der Waals surface area contributed by atoms with E-state index in [1.807, 2.05) is 4.90 Å². The van der Waals surface area contributed by atoms with Gasteiger partial charge < -0.3 is 19.1 Å². The zero-order valence-electron chi connectivity index (χ0n) is 17.7. The van der Waals surface area contributed by atoms with Crippen LogP contribution in [0.3, 0.4) is 0 Å². The van der Waals surface area contributed by atoms with Crippen molar-refractivity contribution >= 4 is 40.9 Å². The molecule has 0 atom stereocenters. The second-order valence-corrected chi connectivity index (χ2v) is 8.20. The Morgan fingerprint density at radius 2 is 2.00 bits per heavy atom. The third-order valence-corrected chi connectivity index (χ3v) is 6.48. The molecule has 0 radical (unpaired) electrons. The summed E-state index contributed by atoms with van der Waals surface area (Å²) in [6, 6.07) is 3.53. The fourth-order valence-electron chi connectivity index (χ4n) is 3.42. The number of halogens is 1. The van der Waals surface area contributed by atoms with Gasteiger partial charge in [0.25, 0.3) is 0 Å². The van der Waals surface area contributed by atoms with Crippen molar-refractivity contribution in [3.8, 4) is 11.5 Å². The lowest BCUT2D eigenvalue weighted by atomic mass is 9.97. The van der Waals surface area contributed by atoms with Crippen LogP contribution in [-0.2, 0) is 9.53 Å². The molecule has 0 bridgehead atoms. The predicted molar refractivity (Wildman–Crippen MR) is 120 cm³/mol. The van der Waals surface area contributed by atoms with Gasteiger partial charge in [0.15, 0.2) is 17.2 Å². The molecule has 1 aromatic heterocycles. The minimum absolute atomic E-state index is 0.0735. The van der Waals surface area contributed by atoms with Crippen LogP contribution in [0.2, 0.25) is 5.02 Å². The summed E-state index contributed by atoms with van der Waals surface area (Å²) >= 11 is 7.84. The predicted octanol–water partition coefficient (Wildman–Crippen LogP) is 4.41. The number of aromatic nitrogens is 1. The number of hydrogen-bond donors (Lipinski definition) is 0. The smallest absolute Gasteiger partial charge is 0.357 e. The first-order valence-electron chi connectivity index (χ1n) is 9.98. The lowest BCUT2D eigenvalue weighted by Crippen LogP contribution is -2.36. The van der Waals surface area contributed by atoms with E-state index < -0.39 is 5.97 Å². The second-order valence-electron chi connectivity index (χ2n) is 6.93. The van der Waals surface area contributed by atoms with Gasteiger partial charge in [-0.05, 0) is 43.5 Å². The number of methoxy groups -OCH3 is 2. The highest BCUT2D eigenvalue weighted by Crippen LogP contribution is 2.38. The Kier molecular flexibility index (Phi) is 7.92. The van der Waals surface area contributed by atoms with E-state index in [0.717, 1.165) is 17.8 Å². The van der Waals surface area contributed by atoms with Gasteiger partial charge in [0.1, 0.15) is 0 Å². The van der Waals surface area contributed by atoms with Gasteiger partial charge in [0, 0.05) is 30.5 Å². The Hall–Kier alpha value is -2.58. The van der Waals surface area contributed by atoms with Gasteiger partial charge in [-0.15, -0.1) is 11.3 Å². The van der Waals surface area contributed by atoms with Crippen molar-refractivity contribution in [2.75, 3.05) is 33.9 Å². The molecule has 166 valence electrons. The molecule has 0 aliphatic carbocycles. The summed E-state index contributed by atoms with van der Waals surface area (Å²) in [5.41, 5.74) is 1.03. The number of benzene rings is 1. The molecule has 0 spiro atoms. The van der Waals surface area contributed by atoms with E-state index in [4.69, 9.17) is 25.8 Å². The summed E-state index contributed by atoms with van der Waals surface area (Å²) in [7, 11) is 3.06. The number of hydrogen-bond acceptors (Lipinski definition) is 7. The van der Waals surface area contributed by atoms with E-state index in [2.05, 4.69) is 4.98 Å². The molecular formula is C22H25ClN2O5S. The van der Waals surface area contributed by atoms with Crippen molar-refractivity contribution in [2.45, 2.75) is 25.7 Å². The zero-order valence-corrected chi connectivity index (χ0v) is 19.3. The van der Waals surface area contributed by atoms with Crippen molar-refractivity contribution in [1.82, 2.24) is 9.88 Å². The molecule has 1 amide bonds. The number of carbonyl (C=O) groups excluding carboxylic acids is 2. The molecule has 1 saturated heterocycles. The molecule has 0 unspecified atom stereocenters. The number of nitrogens with zero attached hydrogens (tertiary/aromatic N) is 2. The molecule has 0 N–H and O–H groups in total.